The van der Waals surface area contributed by atoms with Gasteiger partial charge in [0.25, 0.3) is 0 Å². The van der Waals surface area contributed by atoms with Crippen LogP contribution in [0.4, 0.5) is 0 Å². The molecule has 1 aliphatic heterocycles. The van der Waals surface area contributed by atoms with Crippen molar-refractivity contribution in [1.29, 1.82) is 0 Å². The van der Waals surface area contributed by atoms with Gasteiger partial charge >= 0.3 is 0 Å². The van der Waals surface area contributed by atoms with E-state index in [1.54, 1.807) is 0 Å². The Balaban J connectivity index is 1.79. The van der Waals surface area contributed by atoms with Gasteiger partial charge in [-0.2, -0.15) is 16.7 Å². The summed E-state index contributed by atoms with van der Waals surface area (Å²) in [5.41, 5.74) is 7.68. The molecule has 0 unspecified atom stereocenters. The summed E-state index contributed by atoms with van der Waals surface area (Å²) < 4.78 is 5.42. The third-order valence-electron chi connectivity index (χ3n) is 3.46. The summed E-state index contributed by atoms with van der Waals surface area (Å²) in [6.07, 6.45) is 2.27. The van der Waals surface area contributed by atoms with Crippen LogP contribution in [0.5, 0.6) is 0 Å². The van der Waals surface area contributed by atoms with Crippen molar-refractivity contribution in [2.24, 2.45) is 5.73 Å². The summed E-state index contributed by atoms with van der Waals surface area (Å²) in [6, 6.07) is 7.99. The minimum absolute atomic E-state index is 0.436. The number of benzene rings is 1. The maximum Gasteiger partial charge on any atom is 0.230 e. The molecule has 3 rings (SSSR count). The van der Waals surface area contributed by atoms with Crippen LogP contribution in [-0.2, 0) is 6.54 Å². The van der Waals surface area contributed by atoms with E-state index in [4.69, 9.17) is 10.3 Å². The van der Waals surface area contributed by atoms with Gasteiger partial charge in [-0.3, -0.25) is 0 Å². The Morgan fingerprint density at radius 3 is 2.63 bits per heavy atom. The van der Waals surface area contributed by atoms with Crippen molar-refractivity contribution in [1.82, 2.24) is 10.1 Å². The second-order valence-corrected chi connectivity index (χ2v) is 5.97. The van der Waals surface area contributed by atoms with Gasteiger partial charge in [0.05, 0.1) is 0 Å². The first kappa shape index (κ1) is 12.7. The monoisotopic (exact) mass is 275 g/mol. The molecule has 19 heavy (non-hydrogen) atoms. The predicted molar refractivity (Wildman–Crippen MR) is 76.9 cm³/mol. The smallest absolute Gasteiger partial charge is 0.230 e. The standard InChI is InChI=1S/C14H17N3OS/c15-9-10-1-3-11(4-2-10)13-16-14(18-17-13)12-5-7-19-8-6-12/h1-4,12H,5-9,15H2. The Morgan fingerprint density at radius 1 is 1.21 bits per heavy atom. The first-order valence-electron chi connectivity index (χ1n) is 6.57. The molecule has 1 fully saturated rings. The normalized spacial score (nSPS) is 16.7. The summed E-state index contributed by atoms with van der Waals surface area (Å²) in [5.74, 6) is 4.28. The van der Waals surface area contributed by atoms with E-state index in [2.05, 4.69) is 10.1 Å². The zero-order chi connectivity index (χ0) is 13.1. The van der Waals surface area contributed by atoms with Crippen LogP contribution >= 0.6 is 11.8 Å². The SMILES string of the molecule is NCc1ccc(-c2noc(C3CCSCC3)n2)cc1. The average molecular weight is 275 g/mol. The number of nitrogens with zero attached hydrogens (tertiary/aromatic N) is 2. The third-order valence-corrected chi connectivity index (χ3v) is 4.51. The molecule has 100 valence electrons. The van der Waals surface area contributed by atoms with Crippen LogP contribution in [0.25, 0.3) is 11.4 Å². The molecule has 2 aromatic rings. The Kier molecular flexibility index (Phi) is 3.84. The number of hydrogen-bond acceptors (Lipinski definition) is 5. The minimum atomic E-state index is 0.436. The van der Waals surface area contributed by atoms with Crippen LogP contribution in [0, 0.1) is 0 Å². The van der Waals surface area contributed by atoms with Crippen molar-refractivity contribution in [3.05, 3.63) is 35.7 Å². The Hall–Kier alpha value is -1.33. The van der Waals surface area contributed by atoms with Crippen molar-refractivity contribution in [2.45, 2.75) is 25.3 Å². The van der Waals surface area contributed by atoms with E-state index in [0.29, 0.717) is 18.3 Å². The Morgan fingerprint density at radius 2 is 1.95 bits per heavy atom. The first-order chi connectivity index (χ1) is 9.36. The van der Waals surface area contributed by atoms with E-state index in [1.807, 2.05) is 36.0 Å². The van der Waals surface area contributed by atoms with Crippen LogP contribution in [0.2, 0.25) is 0 Å². The van der Waals surface area contributed by atoms with Gasteiger partial charge in [0.1, 0.15) is 0 Å². The van der Waals surface area contributed by atoms with Crippen LogP contribution in [0.1, 0.15) is 30.2 Å². The highest BCUT2D eigenvalue weighted by molar-refractivity contribution is 7.99. The predicted octanol–water partition coefficient (Wildman–Crippen LogP) is 2.81. The maximum absolute atomic E-state index is 5.59. The molecular weight excluding hydrogens is 258 g/mol. The van der Waals surface area contributed by atoms with Gasteiger partial charge in [-0.25, -0.2) is 0 Å². The maximum atomic E-state index is 5.59. The van der Waals surface area contributed by atoms with Gasteiger partial charge in [0.2, 0.25) is 11.7 Å². The molecular formula is C14H17N3OS. The number of nitrogens with two attached hydrogens (primary N) is 1. The quantitative estimate of drug-likeness (QED) is 0.933. The van der Waals surface area contributed by atoms with E-state index in [-0.39, 0.29) is 0 Å². The van der Waals surface area contributed by atoms with Crippen LogP contribution in [0.3, 0.4) is 0 Å². The zero-order valence-electron chi connectivity index (χ0n) is 10.7. The lowest BCUT2D eigenvalue weighted by Gasteiger charge is -2.16. The molecule has 0 spiro atoms. The molecule has 0 atom stereocenters. The van der Waals surface area contributed by atoms with Crippen molar-refractivity contribution in [3.63, 3.8) is 0 Å². The van der Waals surface area contributed by atoms with E-state index in [0.717, 1.165) is 29.9 Å². The van der Waals surface area contributed by atoms with Crippen molar-refractivity contribution >= 4 is 11.8 Å². The summed E-state index contributed by atoms with van der Waals surface area (Å²) >= 11 is 2.00. The number of hydrogen-bond donors (Lipinski definition) is 1. The summed E-state index contributed by atoms with van der Waals surface area (Å²) in [5, 5.41) is 4.09. The lowest BCUT2D eigenvalue weighted by atomic mass is 10.0. The highest BCUT2D eigenvalue weighted by Crippen LogP contribution is 2.31. The molecule has 1 saturated heterocycles. The second-order valence-electron chi connectivity index (χ2n) is 4.74. The molecule has 1 aliphatic rings. The molecule has 1 aromatic heterocycles. The summed E-state index contributed by atoms with van der Waals surface area (Å²) in [7, 11) is 0. The van der Waals surface area contributed by atoms with Crippen LogP contribution < -0.4 is 5.73 Å². The van der Waals surface area contributed by atoms with Gasteiger partial charge in [-0.15, -0.1) is 0 Å². The minimum Gasteiger partial charge on any atom is -0.339 e. The topological polar surface area (TPSA) is 64.9 Å². The van der Waals surface area contributed by atoms with E-state index in [9.17, 15) is 0 Å². The van der Waals surface area contributed by atoms with Gasteiger partial charge in [-0.05, 0) is 29.9 Å². The molecule has 1 aromatic carbocycles. The van der Waals surface area contributed by atoms with Gasteiger partial charge in [0.15, 0.2) is 0 Å². The summed E-state index contributed by atoms with van der Waals surface area (Å²) in [4.78, 5) is 4.54. The second kappa shape index (κ2) is 5.75. The number of thioether (sulfide) groups is 1. The first-order valence-corrected chi connectivity index (χ1v) is 7.73. The highest BCUT2D eigenvalue weighted by atomic mass is 32.2. The number of aromatic nitrogens is 2. The third kappa shape index (κ3) is 2.82. The molecule has 2 heterocycles. The fraction of sp³-hybridized carbons (Fsp3) is 0.429. The number of rotatable bonds is 3. The lowest BCUT2D eigenvalue weighted by molar-refractivity contribution is 0.346. The molecule has 0 bridgehead atoms. The molecule has 0 amide bonds. The molecule has 5 heteroatoms. The zero-order valence-corrected chi connectivity index (χ0v) is 11.5. The summed E-state index contributed by atoms with van der Waals surface area (Å²) in [6.45, 7) is 0.553. The van der Waals surface area contributed by atoms with Gasteiger partial charge in [0, 0.05) is 18.0 Å². The van der Waals surface area contributed by atoms with Gasteiger partial charge in [-0.1, -0.05) is 29.4 Å². The van der Waals surface area contributed by atoms with E-state index >= 15 is 0 Å². The molecule has 2 N–H and O–H groups in total. The van der Waals surface area contributed by atoms with Crippen LogP contribution in [0.15, 0.2) is 28.8 Å². The Bertz CT molecular complexity index is 532. The average Bonchev–Trinajstić information content (AvgIpc) is 2.98. The molecule has 0 radical (unpaired) electrons. The van der Waals surface area contributed by atoms with E-state index < -0.39 is 0 Å². The van der Waals surface area contributed by atoms with E-state index in [1.165, 1.54) is 11.5 Å². The fourth-order valence-corrected chi connectivity index (χ4v) is 3.36. The molecule has 0 aliphatic carbocycles. The largest absolute Gasteiger partial charge is 0.339 e. The molecule has 0 saturated carbocycles. The highest BCUT2D eigenvalue weighted by Gasteiger charge is 2.22. The van der Waals surface area contributed by atoms with Gasteiger partial charge < -0.3 is 10.3 Å². The Labute approximate surface area is 116 Å². The fourth-order valence-electron chi connectivity index (χ4n) is 2.25. The van der Waals surface area contributed by atoms with Crippen LogP contribution in [-0.4, -0.2) is 21.6 Å². The van der Waals surface area contributed by atoms with Crippen molar-refractivity contribution < 1.29 is 4.52 Å². The molecule has 4 nitrogen and oxygen atoms in total. The lowest BCUT2D eigenvalue weighted by Crippen LogP contribution is -2.07. The van der Waals surface area contributed by atoms with Crippen molar-refractivity contribution in [2.75, 3.05) is 11.5 Å². The van der Waals surface area contributed by atoms with Crippen molar-refractivity contribution in [3.8, 4) is 11.4 Å².